The summed E-state index contributed by atoms with van der Waals surface area (Å²) in [7, 11) is 0. The van der Waals surface area contributed by atoms with Crippen LogP contribution in [-0.2, 0) is 4.74 Å². The molecule has 0 amide bonds. The Labute approximate surface area is 125 Å². The molecule has 1 unspecified atom stereocenters. The maximum Gasteiger partial charge on any atom is 0.150 e. The van der Waals surface area contributed by atoms with E-state index >= 15 is 0 Å². The quantitative estimate of drug-likeness (QED) is 0.614. The Morgan fingerprint density at radius 3 is 3.17 bits per heavy atom. The highest BCUT2D eigenvalue weighted by Gasteiger charge is 2.20. The molecule has 0 N–H and O–H groups in total. The zero-order chi connectivity index (χ0) is 12.7. The van der Waals surface area contributed by atoms with Gasteiger partial charge in [0, 0.05) is 27.7 Å². The average molecular weight is 375 g/mol. The lowest BCUT2D eigenvalue weighted by Gasteiger charge is -2.35. The lowest BCUT2D eigenvalue weighted by molar-refractivity contribution is 0.0989. The minimum absolute atomic E-state index is 0.397. The van der Waals surface area contributed by atoms with Crippen LogP contribution >= 0.6 is 35.4 Å². The molecule has 96 valence electrons. The van der Waals surface area contributed by atoms with E-state index in [4.69, 9.17) is 4.74 Å². The predicted molar refractivity (Wildman–Crippen MR) is 84.5 cm³/mol. The largest absolute Gasteiger partial charge is 0.377 e. The Morgan fingerprint density at radius 2 is 2.39 bits per heavy atom. The van der Waals surface area contributed by atoms with Gasteiger partial charge in [-0.2, -0.15) is 0 Å². The molecule has 0 aliphatic carbocycles. The maximum absolute atomic E-state index is 5.47. The molecule has 1 aliphatic heterocycles. The van der Waals surface area contributed by atoms with Crippen molar-refractivity contribution in [1.29, 1.82) is 0 Å². The van der Waals surface area contributed by atoms with E-state index in [2.05, 4.69) is 58.3 Å². The van der Waals surface area contributed by atoms with Crippen LogP contribution in [0.5, 0.6) is 0 Å². The summed E-state index contributed by atoms with van der Waals surface area (Å²) in [5.41, 5.74) is 2.07. The fraction of sp³-hybridized carbons (Fsp3) is 0.417. The highest BCUT2D eigenvalue weighted by atomic mass is 127. The zero-order valence-corrected chi connectivity index (χ0v) is 13.1. The van der Waals surface area contributed by atoms with Crippen molar-refractivity contribution in [3.63, 3.8) is 0 Å². The van der Waals surface area contributed by atoms with Gasteiger partial charge in [0.05, 0.1) is 25.1 Å². The Morgan fingerprint density at radius 1 is 1.56 bits per heavy atom. The van der Waals surface area contributed by atoms with Crippen molar-refractivity contribution in [1.82, 2.24) is 8.96 Å². The summed E-state index contributed by atoms with van der Waals surface area (Å²) in [6.45, 7) is 4.67. The lowest BCUT2D eigenvalue weighted by atomic mass is 10.2. The molecule has 3 heterocycles. The van der Waals surface area contributed by atoms with Gasteiger partial charge >= 0.3 is 0 Å². The molecular formula is C12H14IN3OS. The van der Waals surface area contributed by atoms with Gasteiger partial charge in [-0.25, -0.2) is 4.98 Å². The smallest absolute Gasteiger partial charge is 0.150 e. The van der Waals surface area contributed by atoms with Crippen LogP contribution in [0.15, 0.2) is 18.5 Å². The Hall–Kier alpha value is -0.470. The molecule has 0 aromatic carbocycles. The molecule has 18 heavy (non-hydrogen) atoms. The average Bonchev–Trinajstić information content (AvgIpc) is 2.65. The van der Waals surface area contributed by atoms with Crippen molar-refractivity contribution >= 4 is 52.1 Å². The van der Waals surface area contributed by atoms with E-state index < -0.39 is 0 Å². The molecular weight excluding hydrogens is 361 g/mol. The SMILES string of the molecule is CC1COCCN1c1cnc2c(c1)c(I)cn2S. The van der Waals surface area contributed by atoms with E-state index in [1.807, 2.05) is 12.4 Å². The molecule has 0 spiro atoms. The number of rotatable bonds is 1. The third kappa shape index (κ3) is 2.10. The van der Waals surface area contributed by atoms with Gasteiger partial charge < -0.3 is 9.64 Å². The molecule has 1 aliphatic rings. The third-order valence-electron chi connectivity index (χ3n) is 3.26. The van der Waals surface area contributed by atoms with Gasteiger partial charge in [0.1, 0.15) is 0 Å². The molecule has 0 radical (unpaired) electrons. The Bertz CT molecular complexity index is 586. The topological polar surface area (TPSA) is 30.3 Å². The Kier molecular flexibility index (Phi) is 3.42. The van der Waals surface area contributed by atoms with Crippen LogP contribution in [0.25, 0.3) is 11.0 Å². The summed E-state index contributed by atoms with van der Waals surface area (Å²) in [5.74, 6) is 0. The zero-order valence-electron chi connectivity index (χ0n) is 10.0. The molecule has 0 saturated carbocycles. The summed E-state index contributed by atoms with van der Waals surface area (Å²) < 4.78 is 8.41. The van der Waals surface area contributed by atoms with Crippen molar-refractivity contribution in [2.45, 2.75) is 13.0 Å². The molecule has 0 bridgehead atoms. The second-order valence-corrected chi connectivity index (χ2v) is 6.10. The number of halogens is 1. The van der Waals surface area contributed by atoms with Crippen LogP contribution in [-0.4, -0.2) is 34.8 Å². The minimum atomic E-state index is 0.397. The van der Waals surface area contributed by atoms with Gasteiger partial charge in [-0.3, -0.25) is 3.97 Å². The number of pyridine rings is 1. The van der Waals surface area contributed by atoms with Gasteiger partial charge in [0.15, 0.2) is 5.65 Å². The van der Waals surface area contributed by atoms with E-state index in [1.165, 1.54) is 3.57 Å². The maximum atomic E-state index is 5.47. The molecule has 4 nitrogen and oxygen atoms in total. The summed E-state index contributed by atoms with van der Waals surface area (Å²) in [4.78, 5) is 6.86. The second kappa shape index (κ2) is 4.90. The van der Waals surface area contributed by atoms with Crippen LogP contribution in [0.2, 0.25) is 0 Å². The number of aromatic nitrogens is 2. The summed E-state index contributed by atoms with van der Waals surface area (Å²) >= 11 is 6.68. The summed E-state index contributed by atoms with van der Waals surface area (Å²) in [6, 6.07) is 2.59. The van der Waals surface area contributed by atoms with Crippen molar-refractivity contribution in [3.05, 3.63) is 22.0 Å². The van der Waals surface area contributed by atoms with E-state index in [9.17, 15) is 0 Å². The predicted octanol–water partition coefficient (Wildman–Crippen LogP) is 2.56. The fourth-order valence-corrected chi connectivity index (χ4v) is 3.48. The molecule has 1 fully saturated rings. The van der Waals surface area contributed by atoms with Crippen molar-refractivity contribution < 1.29 is 4.74 Å². The van der Waals surface area contributed by atoms with Crippen molar-refractivity contribution in [2.75, 3.05) is 24.7 Å². The van der Waals surface area contributed by atoms with Crippen LogP contribution in [0.1, 0.15) is 6.92 Å². The number of hydrogen-bond acceptors (Lipinski definition) is 4. The lowest BCUT2D eigenvalue weighted by Crippen LogP contribution is -2.43. The van der Waals surface area contributed by atoms with Crippen molar-refractivity contribution in [3.8, 4) is 0 Å². The number of fused-ring (bicyclic) bond motifs is 1. The molecule has 3 rings (SSSR count). The van der Waals surface area contributed by atoms with E-state index in [0.29, 0.717) is 6.04 Å². The molecule has 2 aromatic heterocycles. The number of anilines is 1. The molecule has 1 atom stereocenters. The normalized spacial score (nSPS) is 20.6. The van der Waals surface area contributed by atoms with Gasteiger partial charge in [-0.1, -0.05) is 12.8 Å². The summed E-state index contributed by atoms with van der Waals surface area (Å²) in [6.07, 6.45) is 3.90. The minimum Gasteiger partial charge on any atom is -0.377 e. The number of morpholine rings is 1. The van der Waals surface area contributed by atoms with Crippen molar-refractivity contribution in [2.24, 2.45) is 0 Å². The number of nitrogens with zero attached hydrogens (tertiary/aromatic N) is 3. The van der Waals surface area contributed by atoms with Crippen LogP contribution in [0, 0.1) is 3.57 Å². The second-order valence-electron chi connectivity index (χ2n) is 4.50. The number of thiol groups is 1. The highest BCUT2D eigenvalue weighted by molar-refractivity contribution is 14.1. The van der Waals surface area contributed by atoms with E-state index in [0.717, 1.165) is 36.5 Å². The van der Waals surface area contributed by atoms with Crippen LogP contribution in [0.4, 0.5) is 5.69 Å². The first-order valence-electron chi connectivity index (χ1n) is 5.87. The van der Waals surface area contributed by atoms with Crippen LogP contribution in [0.3, 0.4) is 0 Å². The molecule has 2 aromatic rings. The van der Waals surface area contributed by atoms with Gasteiger partial charge in [0.25, 0.3) is 0 Å². The van der Waals surface area contributed by atoms with E-state index in [1.54, 1.807) is 3.97 Å². The first-order valence-corrected chi connectivity index (χ1v) is 7.35. The van der Waals surface area contributed by atoms with Gasteiger partial charge in [-0.05, 0) is 35.6 Å². The monoisotopic (exact) mass is 375 g/mol. The first-order chi connectivity index (χ1) is 8.66. The fourth-order valence-electron chi connectivity index (χ4n) is 2.31. The van der Waals surface area contributed by atoms with E-state index in [-0.39, 0.29) is 0 Å². The number of ether oxygens (including phenoxy) is 1. The molecule has 1 saturated heterocycles. The molecule has 6 heteroatoms. The third-order valence-corrected chi connectivity index (χ3v) is 4.43. The first kappa shape index (κ1) is 12.6. The Balaban J connectivity index is 2.04. The highest BCUT2D eigenvalue weighted by Crippen LogP contribution is 2.27. The van der Waals surface area contributed by atoms with Gasteiger partial charge in [-0.15, -0.1) is 0 Å². The van der Waals surface area contributed by atoms with Crippen LogP contribution < -0.4 is 4.90 Å². The van der Waals surface area contributed by atoms with Gasteiger partial charge in [0.2, 0.25) is 0 Å². The number of hydrogen-bond donors (Lipinski definition) is 1. The standard InChI is InChI=1S/C12H14IN3OS/c1-8-7-17-3-2-15(8)9-4-10-11(13)6-16(18)12(10)14-5-9/h4-6,8,18H,2-3,7H2,1H3. The summed E-state index contributed by atoms with van der Waals surface area (Å²) in [5, 5.41) is 1.15.